The van der Waals surface area contributed by atoms with E-state index in [-0.39, 0.29) is 0 Å². The molecule has 14 rings (SSSR count). The zero-order valence-corrected chi connectivity index (χ0v) is 44.3. The van der Waals surface area contributed by atoms with Crippen molar-refractivity contribution in [2.75, 3.05) is 0 Å². The molecule has 0 saturated heterocycles. The van der Waals surface area contributed by atoms with Crippen molar-refractivity contribution in [2.24, 2.45) is 0 Å². The van der Waals surface area contributed by atoms with Gasteiger partial charge in [0.2, 0.25) is 0 Å². The van der Waals surface area contributed by atoms with Crippen molar-refractivity contribution in [3.8, 4) is 55.9 Å². The van der Waals surface area contributed by atoms with Crippen LogP contribution in [0.25, 0.3) is 99.5 Å². The summed E-state index contributed by atoms with van der Waals surface area (Å²) in [6, 6.07) is 83.6. The summed E-state index contributed by atoms with van der Waals surface area (Å²) in [6.07, 6.45) is 0. The van der Waals surface area contributed by atoms with Crippen LogP contribution in [-0.2, 0) is 5.41 Å². The van der Waals surface area contributed by atoms with Crippen LogP contribution in [0, 0.1) is 0 Å². The van der Waals surface area contributed by atoms with Crippen LogP contribution in [0.4, 0.5) is 0 Å². The minimum absolute atomic E-state index is 0.466. The normalized spacial score (nSPS) is 12.7. The van der Waals surface area contributed by atoms with Crippen LogP contribution in [-0.4, -0.2) is 64.1 Å². The summed E-state index contributed by atoms with van der Waals surface area (Å²) in [7, 11) is 16.3. The zero-order chi connectivity index (χ0) is 51.6. The zero-order valence-electron chi connectivity index (χ0n) is 44.3. The first-order chi connectivity index (χ1) is 37.1. The van der Waals surface area contributed by atoms with Crippen LogP contribution in [0.5, 0.6) is 0 Å². The predicted molar refractivity (Wildman–Crippen MR) is 346 cm³/mol. The number of fused-ring (bicyclic) bond motifs is 9. The van der Waals surface area contributed by atoms with Gasteiger partial charge in [0.25, 0.3) is 0 Å². The fourth-order valence-corrected chi connectivity index (χ4v) is 13.7. The van der Waals surface area contributed by atoms with E-state index >= 15 is 0 Å². The van der Waals surface area contributed by atoms with E-state index in [2.05, 4.69) is 289 Å². The molecule has 2 nitrogen and oxygen atoms in total. The Morgan fingerprint density at radius 1 is 0.289 bits per heavy atom. The van der Waals surface area contributed by atoms with Crippen molar-refractivity contribution in [3.05, 3.63) is 247 Å². The highest BCUT2D eigenvalue weighted by molar-refractivity contribution is 6.69. The molecule has 0 saturated carbocycles. The van der Waals surface area contributed by atoms with Gasteiger partial charge in [-0.3, -0.25) is 0 Å². The molecule has 1 aliphatic carbocycles. The highest BCUT2D eigenvalue weighted by atomic mass is 15.0. The van der Waals surface area contributed by atoms with Crippen molar-refractivity contribution < 1.29 is 0 Å². The van der Waals surface area contributed by atoms with Gasteiger partial charge >= 0.3 is 0 Å². The molecule has 9 heteroatoms. The molecule has 0 spiro atoms. The molecular formula is C67H51B7N2. The van der Waals surface area contributed by atoms with Crippen LogP contribution in [0.15, 0.2) is 224 Å². The first-order valence-corrected chi connectivity index (χ1v) is 26.8. The molecule has 0 aliphatic heterocycles. The first kappa shape index (κ1) is 46.0. The van der Waals surface area contributed by atoms with Crippen molar-refractivity contribution in [1.82, 2.24) is 9.13 Å². The Morgan fingerprint density at radius 2 is 0.750 bits per heavy atom. The van der Waals surface area contributed by atoms with Crippen molar-refractivity contribution in [1.29, 1.82) is 0 Å². The quantitative estimate of drug-likeness (QED) is 0.198. The van der Waals surface area contributed by atoms with Crippen LogP contribution in [0.1, 0.15) is 22.3 Å². The number of benzene rings is 11. The molecule has 0 amide bonds. The SMILES string of the molecule is Bc1c(B)c(B)c2c(c1B)c1c(B)c(-c3ccc4c(c3)c3ccc(-c5ccccc5)cc3n4-c3ccc(C4(c5ccccc5)c5ccccc5-c5ccccc54)cc3)c(B)c(B)c1n2-c1ccc(-c2ccccc2)cc1. The second-order valence-electron chi connectivity index (χ2n) is 21.4. The van der Waals surface area contributed by atoms with Crippen LogP contribution >= 0.6 is 0 Å². The molecule has 76 heavy (non-hydrogen) atoms. The molecule has 11 aromatic carbocycles. The summed E-state index contributed by atoms with van der Waals surface area (Å²) in [5, 5.41) is 5.19. The Balaban J connectivity index is 0.978. The maximum atomic E-state index is 2.58. The second-order valence-corrected chi connectivity index (χ2v) is 21.4. The largest absolute Gasteiger partial charge is 0.310 e. The molecule has 0 unspecified atom stereocenters. The Kier molecular flexibility index (Phi) is 10.6. The minimum atomic E-state index is -0.466. The van der Waals surface area contributed by atoms with Crippen LogP contribution in [0.3, 0.4) is 0 Å². The van der Waals surface area contributed by atoms with Gasteiger partial charge in [-0.2, -0.15) is 0 Å². The van der Waals surface area contributed by atoms with Crippen molar-refractivity contribution in [3.63, 3.8) is 0 Å². The second kappa shape index (κ2) is 17.5. The maximum absolute atomic E-state index is 2.58. The molecular weight excluding hydrogens is 908 g/mol. The molecule has 2 heterocycles. The van der Waals surface area contributed by atoms with Gasteiger partial charge in [0.15, 0.2) is 0 Å². The number of aromatic nitrogens is 2. The lowest BCUT2D eigenvalue weighted by Crippen LogP contribution is -2.48. The monoisotopic (exact) mass is 960 g/mol. The van der Waals surface area contributed by atoms with E-state index in [4.69, 9.17) is 0 Å². The van der Waals surface area contributed by atoms with Gasteiger partial charge < -0.3 is 9.13 Å². The molecule has 350 valence electrons. The highest BCUT2D eigenvalue weighted by Crippen LogP contribution is 2.56. The van der Waals surface area contributed by atoms with E-state index in [1.54, 1.807) is 0 Å². The van der Waals surface area contributed by atoms with Gasteiger partial charge in [-0.1, -0.05) is 215 Å². The Bertz CT molecular complexity index is 4460. The molecule has 1 aliphatic rings. The standard InChI is InChI=1S/C67H51B7N2/c68-58-55(59(69)63(73)65-56(58)57-60(70)61(71)62(72)64(74)66(57)76(65)46-30-24-40(25-31-46)38-14-4-1-5-15-38)42-27-35-53-50(36-42)49-34-26-41(39-16-6-2-7-17-39)37-54(49)75(53)45-32-28-44(29-33-45)67(43-18-8-3-9-19-43)51-22-12-10-20-47(51)48-21-11-13-23-52(48)67/h1-37H,68-74H2. The van der Waals surface area contributed by atoms with Crippen LogP contribution < -0.4 is 38.2 Å². The smallest absolute Gasteiger partial charge is 0.141 e. The average molecular weight is 960 g/mol. The third kappa shape index (κ3) is 6.57. The lowest BCUT2D eigenvalue weighted by molar-refractivity contribution is 0.768. The van der Waals surface area contributed by atoms with E-state index in [0.717, 1.165) is 5.69 Å². The van der Waals surface area contributed by atoms with Gasteiger partial charge in [-0.05, 0) is 115 Å². The van der Waals surface area contributed by atoms with Crippen molar-refractivity contribution in [2.45, 2.75) is 5.41 Å². The van der Waals surface area contributed by atoms with E-state index in [0.29, 0.717) is 0 Å². The third-order valence-corrected chi connectivity index (χ3v) is 17.7. The van der Waals surface area contributed by atoms with Gasteiger partial charge in [0.1, 0.15) is 54.9 Å². The number of hydrogen-bond donors (Lipinski definition) is 0. The number of hydrogen-bond acceptors (Lipinski definition) is 0. The number of rotatable bonds is 7. The lowest BCUT2D eigenvalue weighted by Gasteiger charge is -2.34. The predicted octanol–water partition coefficient (Wildman–Crippen LogP) is 5.05. The molecule has 2 aromatic heterocycles. The summed E-state index contributed by atoms with van der Waals surface area (Å²) >= 11 is 0. The minimum Gasteiger partial charge on any atom is -0.310 e. The third-order valence-electron chi connectivity index (χ3n) is 17.7. The molecule has 0 atom stereocenters. The van der Waals surface area contributed by atoms with E-state index < -0.39 is 5.41 Å². The van der Waals surface area contributed by atoms with Gasteiger partial charge in [0.05, 0.1) is 16.4 Å². The molecule has 0 bridgehead atoms. The summed E-state index contributed by atoms with van der Waals surface area (Å²) < 4.78 is 5.07. The van der Waals surface area contributed by atoms with E-state index in [1.807, 2.05) is 0 Å². The van der Waals surface area contributed by atoms with Crippen molar-refractivity contribution >= 4 is 137 Å². The summed E-state index contributed by atoms with van der Waals surface area (Å²) in [6.45, 7) is 0. The van der Waals surface area contributed by atoms with E-state index in [9.17, 15) is 0 Å². The topological polar surface area (TPSA) is 9.86 Å². The Hall–Kier alpha value is -8.53. The average Bonchev–Trinajstić information content (AvgIpc) is 4.30. The summed E-state index contributed by atoms with van der Waals surface area (Å²) in [5.41, 5.74) is 31.4. The Morgan fingerprint density at radius 3 is 1.38 bits per heavy atom. The van der Waals surface area contributed by atoms with Gasteiger partial charge in [-0.25, -0.2) is 0 Å². The van der Waals surface area contributed by atoms with Gasteiger partial charge in [0, 0.05) is 38.6 Å². The lowest BCUT2D eigenvalue weighted by atomic mass is 9.64. The molecule has 13 aromatic rings. The maximum Gasteiger partial charge on any atom is 0.141 e. The Labute approximate surface area is 451 Å². The fourth-order valence-electron chi connectivity index (χ4n) is 13.7. The van der Waals surface area contributed by atoms with Gasteiger partial charge in [-0.15, -0.1) is 5.46 Å². The number of nitrogens with zero attached hydrogens (tertiary/aromatic N) is 2. The van der Waals surface area contributed by atoms with Crippen LogP contribution in [0.2, 0.25) is 0 Å². The van der Waals surface area contributed by atoms with E-state index in [1.165, 1.54) is 154 Å². The summed E-state index contributed by atoms with van der Waals surface area (Å²) in [4.78, 5) is 0. The molecule has 0 N–H and O–H groups in total. The highest BCUT2D eigenvalue weighted by Gasteiger charge is 2.45. The molecule has 0 fully saturated rings. The fraction of sp³-hybridized carbons (Fsp3) is 0.0149. The first-order valence-electron chi connectivity index (χ1n) is 26.8. The summed E-state index contributed by atoms with van der Waals surface area (Å²) in [5.74, 6) is 0. The molecule has 0 radical (unpaired) electrons.